The highest BCUT2D eigenvalue weighted by Gasteiger charge is 2.17. The lowest BCUT2D eigenvalue weighted by atomic mass is 10.3. The summed E-state index contributed by atoms with van der Waals surface area (Å²) in [6.07, 6.45) is 3.16. The van der Waals surface area contributed by atoms with E-state index in [1.807, 2.05) is 0 Å². The fourth-order valence-electron chi connectivity index (χ4n) is 0.787. The van der Waals surface area contributed by atoms with Gasteiger partial charge in [-0.1, -0.05) is 0 Å². The first-order valence-corrected chi connectivity index (χ1v) is 3.08. The Balaban J connectivity index is 2.92. The standard InChI is InChI=1S/C6H9N3O2/c1-9-3-2-8-5(9)4(7)6(10)11/h2-4H,7H2,1H3,(H,10,11)/t4-/m1/s1. The van der Waals surface area contributed by atoms with Crippen LogP contribution < -0.4 is 5.73 Å². The van der Waals surface area contributed by atoms with Gasteiger partial charge in [-0.05, 0) is 0 Å². The summed E-state index contributed by atoms with van der Waals surface area (Å²) >= 11 is 0. The first kappa shape index (κ1) is 7.74. The molecule has 1 atom stereocenters. The first-order chi connectivity index (χ1) is 5.13. The number of aliphatic carboxylic acids is 1. The molecule has 60 valence electrons. The summed E-state index contributed by atoms with van der Waals surface area (Å²) in [5, 5.41) is 8.50. The van der Waals surface area contributed by atoms with Crippen molar-refractivity contribution in [2.75, 3.05) is 0 Å². The van der Waals surface area contributed by atoms with Gasteiger partial charge >= 0.3 is 5.97 Å². The van der Waals surface area contributed by atoms with Crippen molar-refractivity contribution in [2.45, 2.75) is 6.04 Å². The number of aromatic nitrogens is 2. The molecule has 1 heterocycles. The number of hydrogen-bond donors (Lipinski definition) is 2. The molecule has 5 nitrogen and oxygen atoms in total. The second kappa shape index (κ2) is 2.71. The Labute approximate surface area is 63.5 Å². The summed E-state index contributed by atoms with van der Waals surface area (Å²) in [6, 6.07) is -1.03. The lowest BCUT2D eigenvalue weighted by molar-refractivity contribution is -0.138. The lowest BCUT2D eigenvalue weighted by Crippen LogP contribution is -2.23. The van der Waals surface area contributed by atoms with E-state index in [1.165, 1.54) is 6.20 Å². The van der Waals surface area contributed by atoms with E-state index >= 15 is 0 Å². The minimum absolute atomic E-state index is 0.359. The second-order valence-electron chi connectivity index (χ2n) is 2.21. The third-order valence-corrected chi connectivity index (χ3v) is 1.40. The van der Waals surface area contributed by atoms with Crippen LogP contribution in [0, 0.1) is 0 Å². The maximum absolute atomic E-state index is 10.4. The van der Waals surface area contributed by atoms with E-state index in [-0.39, 0.29) is 0 Å². The zero-order chi connectivity index (χ0) is 8.43. The molecule has 11 heavy (non-hydrogen) atoms. The number of aryl methyl sites for hydroxylation is 1. The molecule has 0 spiro atoms. The maximum atomic E-state index is 10.4. The average Bonchev–Trinajstić information content (AvgIpc) is 2.33. The maximum Gasteiger partial charge on any atom is 0.328 e. The minimum Gasteiger partial charge on any atom is -0.480 e. The molecular weight excluding hydrogens is 146 g/mol. The van der Waals surface area contributed by atoms with Gasteiger partial charge in [0.1, 0.15) is 5.82 Å². The SMILES string of the molecule is Cn1ccnc1[C@@H](N)C(=O)O. The number of carboxylic acids is 1. The van der Waals surface area contributed by atoms with E-state index in [4.69, 9.17) is 10.8 Å². The van der Waals surface area contributed by atoms with Crippen molar-refractivity contribution in [3.8, 4) is 0 Å². The van der Waals surface area contributed by atoms with E-state index in [1.54, 1.807) is 17.8 Å². The summed E-state index contributed by atoms with van der Waals surface area (Å²) < 4.78 is 1.58. The van der Waals surface area contributed by atoms with Gasteiger partial charge in [-0.3, -0.25) is 4.79 Å². The smallest absolute Gasteiger partial charge is 0.328 e. The van der Waals surface area contributed by atoms with Crippen molar-refractivity contribution < 1.29 is 9.90 Å². The van der Waals surface area contributed by atoms with Gasteiger partial charge in [0.25, 0.3) is 0 Å². The summed E-state index contributed by atoms with van der Waals surface area (Å²) in [5.41, 5.74) is 5.30. The fourth-order valence-corrected chi connectivity index (χ4v) is 0.787. The predicted molar refractivity (Wildman–Crippen MR) is 37.8 cm³/mol. The highest BCUT2D eigenvalue weighted by Crippen LogP contribution is 2.05. The molecule has 5 heteroatoms. The van der Waals surface area contributed by atoms with Gasteiger partial charge in [-0.15, -0.1) is 0 Å². The molecule has 0 aliphatic rings. The van der Waals surface area contributed by atoms with Gasteiger partial charge in [0, 0.05) is 19.4 Å². The van der Waals surface area contributed by atoms with Crippen molar-refractivity contribution in [1.29, 1.82) is 0 Å². The van der Waals surface area contributed by atoms with Crippen LogP contribution in [0.25, 0.3) is 0 Å². The summed E-state index contributed by atoms with van der Waals surface area (Å²) in [6.45, 7) is 0. The first-order valence-electron chi connectivity index (χ1n) is 3.08. The quantitative estimate of drug-likeness (QED) is 0.603. The Bertz CT molecular complexity index is 269. The van der Waals surface area contributed by atoms with Crippen LogP contribution >= 0.6 is 0 Å². The number of carboxylic acid groups (broad SMARTS) is 1. The number of hydrogen-bond acceptors (Lipinski definition) is 3. The van der Waals surface area contributed by atoms with Crippen LogP contribution in [0.3, 0.4) is 0 Å². The largest absolute Gasteiger partial charge is 0.480 e. The summed E-state index contributed by atoms with van der Waals surface area (Å²) in [4.78, 5) is 14.2. The molecule has 1 rings (SSSR count). The van der Waals surface area contributed by atoms with Gasteiger partial charge in [0.15, 0.2) is 6.04 Å². The van der Waals surface area contributed by atoms with Crippen molar-refractivity contribution >= 4 is 5.97 Å². The van der Waals surface area contributed by atoms with E-state index in [0.717, 1.165) is 0 Å². The van der Waals surface area contributed by atoms with Crippen molar-refractivity contribution in [2.24, 2.45) is 12.8 Å². The van der Waals surface area contributed by atoms with Gasteiger partial charge in [0.2, 0.25) is 0 Å². The Morgan fingerprint density at radius 2 is 2.55 bits per heavy atom. The molecule has 0 aliphatic carbocycles. The van der Waals surface area contributed by atoms with Gasteiger partial charge in [0.05, 0.1) is 0 Å². The Morgan fingerprint density at radius 3 is 2.91 bits per heavy atom. The van der Waals surface area contributed by atoms with E-state index in [0.29, 0.717) is 5.82 Å². The number of nitrogens with two attached hydrogens (primary N) is 1. The van der Waals surface area contributed by atoms with E-state index in [2.05, 4.69) is 4.98 Å². The molecule has 0 bridgehead atoms. The molecule has 0 aliphatic heterocycles. The van der Waals surface area contributed by atoms with Gasteiger partial charge in [-0.25, -0.2) is 4.98 Å². The number of rotatable bonds is 2. The third-order valence-electron chi connectivity index (χ3n) is 1.40. The van der Waals surface area contributed by atoms with Crippen LogP contribution in [0.1, 0.15) is 11.9 Å². The predicted octanol–water partition coefficient (Wildman–Crippen LogP) is -0.496. The average molecular weight is 155 g/mol. The molecule has 0 aromatic carbocycles. The molecule has 3 N–H and O–H groups in total. The molecule has 0 saturated heterocycles. The Kier molecular flexibility index (Phi) is 1.91. The molecule has 0 fully saturated rings. The topological polar surface area (TPSA) is 81.1 Å². The van der Waals surface area contributed by atoms with E-state index < -0.39 is 12.0 Å². The molecule has 0 unspecified atom stereocenters. The molecule has 0 amide bonds. The third kappa shape index (κ3) is 1.38. The van der Waals surface area contributed by atoms with Crippen LogP contribution in [0.15, 0.2) is 12.4 Å². The molecule has 0 saturated carbocycles. The van der Waals surface area contributed by atoms with Crippen molar-refractivity contribution in [3.63, 3.8) is 0 Å². The van der Waals surface area contributed by atoms with Crippen LogP contribution in [0.2, 0.25) is 0 Å². The number of carbonyl (C=O) groups is 1. The van der Waals surface area contributed by atoms with Crippen LogP contribution in [-0.4, -0.2) is 20.6 Å². The van der Waals surface area contributed by atoms with Gasteiger partial charge in [-0.2, -0.15) is 0 Å². The summed E-state index contributed by atoms with van der Waals surface area (Å²) in [5.74, 6) is -0.711. The molecule has 0 radical (unpaired) electrons. The van der Waals surface area contributed by atoms with Gasteiger partial charge < -0.3 is 15.4 Å². The van der Waals surface area contributed by atoms with Crippen LogP contribution in [-0.2, 0) is 11.8 Å². The zero-order valence-corrected chi connectivity index (χ0v) is 6.06. The fraction of sp³-hybridized carbons (Fsp3) is 0.333. The van der Waals surface area contributed by atoms with Crippen molar-refractivity contribution in [3.05, 3.63) is 18.2 Å². The normalized spacial score (nSPS) is 12.9. The monoisotopic (exact) mass is 155 g/mol. The molecule has 1 aromatic rings. The van der Waals surface area contributed by atoms with E-state index in [9.17, 15) is 4.79 Å². The minimum atomic E-state index is -1.07. The number of imidazole rings is 1. The van der Waals surface area contributed by atoms with Crippen molar-refractivity contribution in [1.82, 2.24) is 9.55 Å². The Hall–Kier alpha value is -1.36. The second-order valence-corrected chi connectivity index (χ2v) is 2.21. The Morgan fingerprint density at radius 1 is 1.91 bits per heavy atom. The zero-order valence-electron chi connectivity index (χ0n) is 6.06. The molecule has 1 aromatic heterocycles. The molecular formula is C6H9N3O2. The highest BCUT2D eigenvalue weighted by atomic mass is 16.4. The summed E-state index contributed by atoms with van der Waals surface area (Å²) in [7, 11) is 1.70. The van der Waals surface area contributed by atoms with Crippen LogP contribution in [0.4, 0.5) is 0 Å². The highest BCUT2D eigenvalue weighted by molar-refractivity contribution is 5.73. The van der Waals surface area contributed by atoms with Crippen LogP contribution in [0.5, 0.6) is 0 Å². The lowest BCUT2D eigenvalue weighted by Gasteiger charge is -2.04. The number of nitrogens with zero attached hydrogens (tertiary/aromatic N) is 2.